The molecule has 1 N–H and O–H groups in total. The molecule has 1 aliphatic rings. The number of rotatable bonds is 8. The Morgan fingerprint density at radius 2 is 2.12 bits per heavy atom. The zero-order valence-corrected chi connectivity index (χ0v) is 15.0. The van der Waals surface area contributed by atoms with E-state index >= 15 is 0 Å². The van der Waals surface area contributed by atoms with E-state index in [1.54, 1.807) is 18.2 Å². The van der Waals surface area contributed by atoms with E-state index in [1.165, 1.54) is 0 Å². The van der Waals surface area contributed by atoms with Crippen molar-refractivity contribution in [2.45, 2.75) is 12.8 Å². The van der Waals surface area contributed by atoms with E-state index in [4.69, 9.17) is 27.9 Å². The highest BCUT2D eigenvalue weighted by Crippen LogP contribution is 2.27. The van der Waals surface area contributed by atoms with Crippen LogP contribution < -0.4 is 10.1 Å². The summed E-state index contributed by atoms with van der Waals surface area (Å²) in [7, 11) is 0. The molecule has 0 atom stereocenters. The molecule has 0 unspecified atom stereocenters. The van der Waals surface area contributed by atoms with Gasteiger partial charge in [-0.2, -0.15) is 0 Å². The highest BCUT2D eigenvalue weighted by molar-refractivity contribution is 8.14. The molecule has 0 radical (unpaired) electrons. The lowest BCUT2D eigenvalue weighted by atomic mass is 10.3. The number of thioether (sulfide) groups is 1. The number of carbonyl (C=O) groups excluding carboxylic acids is 3. The minimum atomic E-state index is -0.262. The van der Waals surface area contributed by atoms with E-state index in [-0.39, 0.29) is 42.3 Å². The van der Waals surface area contributed by atoms with Crippen LogP contribution in [-0.4, -0.2) is 47.4 Å². The summed E-state index contributed by atoms with van der Waals surface area (Å²) in [6.45, 7) is 0.794. The summed E-state index contributed by atoms with van der Waals surface area (Å²) >= 11 is 12.7. The van der Waals surface area contributed by atoms with Gasteiger partial charge in [-0.3, -0.25) is 19.3 Å². The number of carbonyl (C=O) groups is 3. The van der Waals surface area contributed by atoms with Gasteiger partial charge in [-0.05, 0) is 24.6 Å². The smallest absolute Gasteiger partial charge is 0.288 e. The van der Waals surface area contributed by atoms with Crippen LogP contribution >= 0.6 is 35.0 Å². The molecule has 1 aromatic carbocycles. The molecule has 1 aliphatic heterocycles. The fourth-order valence-electron chi connectivity index (χ4n) is 2.00. The van der Waals surface area contributed by atoms with Gasteiger partial charge in [0.1, 0.15) is 5.75 Å². The minimum Gasteiger partial charge on any atom is -0.492 e. The minimum absolute atomic E-state index is 0.160. The summed E-state index contributed by atoms with van der Waals surface area (Å²) in [6.07, 6.45) is 0.796. The van der Waals surface area contributed by atoms with Crippen LogP contribution in [0.4, 0.5) is 4.79 Å². The van der Waals surface area contributed by atoms with E-state index in [9.17, 15) is 14.4 Å². The summed E-state index contributed by atoms with van der Waals surface area (Å²) in [5.74, 6) is 0.322. The van der Waals surface area contributed by atoms with Crippen LogP contribution in [0.2, 0.25) is 10.0 Å². The molecule has 1 heterocycles. The Balaban J connectivity index is 1.60. The van der Waals surface area contributed by atoms with E-state index in [2.05, 4.69) is 5.32 Å². The van der Waals surface area contributed by atoms with Crippen molar-refractivity contribution in [3.05, 3.63) is 28.2 Å². The molecule has 1 fully saturated rings. The molecule has 1 aromatic rings. The van der Waals surface area contributed by atoms with Gasteiger partial charge < -0.3 is 10.1 Å². The third-order valence-corrected chi connectivity index (χ3v) is 4.59. The molecule has 0 aliphatic carbocycles. The van der Waals surface area contributed by atoms with Crippen molar-refractivity contribution in [3.63, 3.8) is 0 Å². The van der Waals surface area contributed by atoms with Crippen LogP contribution in [-0.2, 0) is 9.59 Å². The molecule has 3 amide bonds. The zero-order chi connectivity index (χ0) is 17.5. The van der Waals surface area contributed by atoms with Crippen LogP contribution in [0.25, 0.3) is 0 Å². The Morgan fingerprint density at radius 1 is 1.33 bits per heavy atom. The van der Waals surface area contributed by atoms with Crippen LogP contribution in [0.15, 0.2) is 18.2 Å². The van der Waals surface area contributed by atoms with E-state index in [0.29, 0.717) is 28.8 Å². The van der Waals surface area contributed by atoms with E-state index < -0.39 is 0 Å². The standard InChI is InChI=1S/C15H16Cl2N2O4S/c16-10-3-4-12(11(17)8-10)23-7-1-2-13(20)18-5-6-19-14(21)9-24-15(19)22/h3-4,8H,1-2,5-7,9H2,(H,18,20). The first-order chi connectivity index (χ1) is 11.5. The number of nitrogens with zero attached hydrogens (tertiary/aromatic N) is 1. The fourth-order valence-corrected chi connectivity index (χ4v) is 3.21. The molecule has 0 aromatic heterocycles. The van der Waals surface area contributed by atoms with E-state index in [0.717, 1.165) is 16.7 Å². The van der Waals surface area contributed by atoms with Gasteiger partial charge in [-0.25, -0.2) is 0 Å². The maximum atomic E-state index is 11.7. The second-order valence-corrected chi connectivity index (χ2v) is 6.75. The number of imide groups is 1. The second kappa shape index (κ2) is 9.15. The molecule has 6 nitrogen and oxygen atoms in total. The van der Waals surface area contributed by atoms with Crippen LogP contribution in [0.1, 0.15) is 12.8 Å². The summed E-state index contributed by atoms with van der Waals surface area (Å²) in [4.78, 5) is 35.6. The Morgan fingerprint density at radius 3 is 2.79 bits per heavy atom. The molecule has 130 valence electrons. The molecule has 9 heteroatoms. The first-order valence-corrected chi connectivity index (χ1v) is 9.03. The zero-order valence-electron chi connectivity index (χ0n) is 12.7. The SMILES string of the molecule is O=C(CCCOc1ccc(Cl)cc1Cl)NCCN1C(=O)CSC1=O. The highest BCUT2D eigenvalue weighted by atomic mass is 35.5. The third-order valence-electron chi connectivity index (χ3n) is 3.20. The van der Waals surface area contributed by atoms with Gasteiger partial charge in [-0.15, -0.1) is 0 Å². The van der Waals surface area contributed by atoms with Crippen LogP contribution in [0, 0.1) is 0 Å². The Hall–Kier alpha value is -1.44. The molecular formula is C15H16Cl2N2O4S. The Bertz CT molecular complexity index is 626. The molecule has 0 saturated carbocycles. The summed E-state index contributed by atoms with van der Waals surface area (Å²) in [6, 6.07) is 4.94. The number of halogens is 2. The van der Waals surface area contributed by atoms with Gasteiger partial charge in [0.05, 0.1) is 17.4 Å². The lowest BCUT2D eigenvalue weighted by molar-refractivity contribution is -0.125. The van der Waals surface area contributed by atoms with Crippen molar-refractivity contribution in [2.75, 3.05) is 25.4 Å². The monoisotopic (exact) mass is 390 g/mol. The number of benzene rings is 1. The van der Waals surface area contributed by atoms with Crippen molar-refractivity contribution >= 4 is 52.0 Å². The number of hydrogen-bond acceptors (Lipinski definition) is 5. The van der Waals surface area contributed by atoms with Gasteiger partial charge in [0, 0.05) is 24.5 Å². The lowest BCUT2D eigenvalue weighted by Gasteiger charge is -2.13. The van der Waals surface area contributed by atoms with Crippen molar-refractivity contribution in [1.82, 2.24) is 10.2 Å². The maximum absolute atomic E-state index is 11.7. The molecule has 1 saturated heterocycles. The largest absolute Gasteiger partial charge is 0.492 e. The van der Waals surface area contributed by atoms with Crippen molar-refractivity contribution < 1.29 is 19.1 Å². The first kappa shape index (κ1) is 18.9. The van der Waals surface area contributed by atoms with Gasteiger partial charge in [0.25, 0.3) is 5.24 Å². The normalized spacial score (nSPS) is 14.2. The van der Waals surface area contributed by atoms with Gasteiger partial charge in [0.2, 0.25) is 11.8 Å². The molecule has 2 rings (SSSR count). The molecular weight excluding hydrogens is 375 g/mol. The van der Waals surface area contributed by atoms with E-state index in [1.807, 2.05) is 0 Å². The van der Waals surface area contributed by atoms with Crippen molar-refractivity contribution in [2.24, 2.45) is 0 Å². The van der Waals surface area contributed by atoms with Gasteiger partial charge >= 0.3 is 0 Å². The second-order valence-electron chi connectivity index (χ2n) is 4.98. The summed E-state index contributed by atoms with van der Waals surface area (Å²) in [5, 5.41) is 3.36. The number of ether oxygens (including phenoxy) is 1. The molecule has 0 spiro atoms. The molecule has 0 bridgehead atoms. The average molecular weight is 391 g/mol. The third kappa shape index (κ3) is 5.58. The predicted molar refractivity (Wildman–Crippen MR) is 93.8 cm³/mol. The van der Waals surface area contributed by atoms with Crippen molar-refractivity contribution in [1.29, 1.82) is 0 Å². The first-order valence-electron chi connectivity index (χ1n) is 7.29. The average Bonchev–Trinajstić information content (AvgIpc) is 2.85. The fraction of sp³-hybridized carbons (Fsp3) is 0.400. The highest BCUT2D eigenvalue weighted by Gasteiger charge is 2.29. The Labute approximate surface area is 153 Å². The number of nitrogens with one attached hydrogen (secondary N) is 1. The number of amides is 3. The predicted octanol–water partition coefficient (Wildman–Crippen LogP) is 2.96. The number of hydrogen-bond donors (Lipinski definition) is 1. The van der Waals surface area contributed by atoms with Gasteiger partial charge in [-0.1, -0.05) is 35.0 Å². The van der Waals surface area contributed by atoms with Crippen molar-refractivity contribution in [3.8, 4) is 5.75 Å². The lowest BCUT2D eigenvalue weighted by Crippen LogP contribution is -2.37. The molecule has 24 heavy (non-hydrogen) atoms. The summed E-state index contributed by atoms with van der Waals surface area (Å²) in [5.41, 5.74) is 0. The quantitative estimate of drug-likeness (QED) is 0.690. The van der Waals surface area contributed by atoms with Gasteiger partial charge in [0.15, 0.2) is 0 Å². The maximum Gasteiger partial charge on any atom is 0.288 e. The Kier molecular flexibility index (Phi) is 7.20. The van der Waals surface area contributed by atoms with Crippen LogP contribution in [0.3, 0.4) is 0 Å². The summed E-state index contributed by atoms with van der Waals surface area (Å²) < 4.78 is 5.49. The topological polar surface area (TPSA) is 75.7 Å². The van der Waals surface area contributed by atoms with Crippen LogP contribution in [0.5, 0.6) is 5.75 Å².